The molecule has 0 radical (unpaired) electrons. The van der Waals surface area contributed by atoms with Crippen molar-refractivity contribution < 1.29 is 9.53 Å². The van der Waals surface area contributed by atoms with Crippen LogP contribution in [-0.2, 0) is 9.53 Å². The van der Waals surface area contributed by atoms with Crippen molar-refractivity contribution in [2.24, 2.45) is 11.7 Å². The molecule has 0 saturated heterocycles. The molecular weight excluding hydrogens is 180 g/mol. The predicted octanol–water partition coefficient (Wildman–Crippen LogP) is 0.268. The zero-order valence-corrected chi connectivity index (χ0v) is 8.63. The Balaban J connectivity index is 1.96. The van der Waals surface area contributed by atoms with Crippen LogP contribution in [0.5, 0.6) is 0 Å². The summed E-state index contributed by atoms with van der Waals surface area (Å²) in [7, 11) is 0. The summed E-state index contributed by atoms with van der Waals surface area (Å²) in [4.78, 5) is 11.2. The summed E-state index contributed by atoms with van der Waals surface area (Å²) in [6.45, 7) is 1.88. The Hall–Kier alpha value is -0.610. The van der Waals surface area contributed by atoms with Crippen LogP contribution >= 0.6 is 0 Å². The van der Waals surface area contributed by atoms with Crippen molar-refractivity contribution in [3.05, 3.63) is 0 Å². The number of nitrogens with two attached hydrogens (primary N) is 1. The highest BCUT2D eigenvalue weighted by Gasteiger charge is 2.15. The van der Waals surface area contributed by atoms with Gasteiger partial charge in [0, 0.05) is 13.1 Å². The Bertz CT molecular complexity index is 168. The Morgan fingerprint density at radius 3 is 2.79 bits per heavy atom. The third-order valence-corrected chi connectivity index (χ3v) is 2.56. The molecule has 82 valence electrons. The molecule has 1 amide bonds. The maximum Gasteiger partial charge on any atom is 0.246 e. The number of carbonyl (C=O) groups excluding carboxylic acids is 1. The number of ether oxygens (including phenoxy) is 1. The van der Waals surface area contributed by atoms with Gasteiger partial charge in [-0.2, -0.15) is 0 Å². The second kappa shape index (κ2) is 6.79. The molecule has 1 aliphatic rings. The molecule has 0 spiro atoms. The molecule has 0 aromatic rings. The first-order valence-electron chi connectivity index (χ1n) is 5.37. The van der Waals surface area contributed by atoms with Crippen molar-refractivity contribution in [2.45, 2.75) is 25.7 Å². The standard InChI is InChI=1S/C10H20N2O2/c11-5-6-14-8-10(13)12-7-9-3-1-2-4-9/h9H,1-8,11H2,(H,12,13). The number of hydrogen-bond acceptors (Lipinski definition) is 3. The lowest BCUT2D eigenvalue weighted by Crippen LogP contribution is -2.32. The SMILES string of the molecule is NCCOCC(=O)NCC1CCCC1. The zero-order chi connectivity index (χ0) is 10.2. The van der Waals surface area contributed by atoms with Crippen molar-refractivity contribution in [3.8, 4) is 0 Å². The topological polar surface area (TPSA) is 64.3 Å². The van der Waals surface area contributed by atoms with Gasteiger partial charge >= 0.3 is 0 Å². The Morgan fingerprint density at radius 2 is 2.14 bits per heavy atom. The van der Waals surface area contributed by atoms with Gasteiger partial charge in [0.2, 0.25) is 5.91 Å². The van der Waals surface area contributed by atoms with E-state index in [2.05, 4.69) is 5.32 Å². The van der Waals surface area contributed by atoms with Crippen LogP contribution < -0.4 is 11.1 Å². The van der Waals surface area contributed by atoms with E-state index in [1.54, 1.807) is 0 Å². The second-order valence-corrected chi connectivity index (χ2v) is 3.80. The molecule has 0 aromatic heterocycles. The van der Waals surface area contributed by atoms with E-state index in [1.807, 2.05) is 0 Å². The van der Waals surface area contributed by atoms with Crippen LogP contribution in [0.2, 0.25) is 0 Å². The van der Waals surface area contributed by atoms with Crippen molar-refractivity contribution in [3.63, 3.8) is 0 Å². The molecule has 0 aromatic carbocycles. The third kappa shape index (κ3) is 4.58. The normalized spacial score (nSPS) is 17.2. The molecule has 0 aliphatic heterocycles. The summed E-state index contributed by atoms with van der Waals surface area (Å²) in [6, 6.07) is 0. The lowest BCUT2D eigenvalue weighted by Gasteiger charge is -2.10. The van der Waals surface area contributed by atoms with Crippen LogP contribution in [0.4, 0.5) is 0 Å². The highest BCUT2D eigenvalue weighted by Crippen LogP contribution is 2.23. The highest BCUT2D eigenvalue weighted by molar-refractivity contribution is 5.77. The van der Waals surface area contributed by atoms with Gasteiger partial charge in [-0.25, -0.2) is 0 Å². The number of rotatable bonds is 6. The zero-order valence-electron chi connectivity index (χ0n) is 8.63. The van der Waals surface area contributed by atoms with Crippen molar-refractivity contribution in [1.29, 1.82) is 0 Å². The minimum Gasteiger partial charge on any atom is -0.370 e. The monoisotopic (exact) mass is 200 g/mol. The summed E-state index contributed by atoms with van der Waals surface area (Å²) in [6.07, 6.45) is 5.13. The Morgan fingerprint density at radius 1 is 1.43 bits per heavy atom. The molecule has 1 rings (SSSR count). The van der Waals surface area contributed by atoms with Gasteiger partial charge in [0.1, 0.15) is 6.61 Å². The molecule has 4 heteroatoms. The number of nitrogens with one attached hydrogen (secondary N) is 1. The summed E-state index contributed by atoms with van der Waals surface area (Å²) < 4.78 is 5.02. The van der Waals surface area contributed by atoms with Crippen LogP contribution in [0.1, 0.15) is 25.7 Å². The largest absolute Gasteiger partial charge is 0.370 e. The van der Waals surface area contributed by atoms with Gasteiger partial charge in [0.15, 0.2) is 0 Å². The van der Waals surface area contributed by atoms with Crippen LogP contribution in [0.25, 0.3) is 0 Å². The molecule has 0 atom stereocenters. The first-order valence-corrected chi connectivity index (χ1v) is 5.37. The summed E-state index contributed by atoms with van der Waals surface area (Å²) in [5.41, 5.74) is 5.23. The van der Waals surface area contributed by atoms with Crippen LogP contribution in [0.3, 0.4) is 0 Å². The van der Waals surface area contributed by atoms with Gasteiger partial charge in [-0.1, -0.05) is 12.8 Å². The van der Waals surface area contributed by atoms with E-state index >= 15 is 0 Å². The summed E-state index contributed by atoms with van der Waals surface area (Å²) >= 11 is 0. The fourth-order valence-electron chi connectivity index (χ4n) is 1.77. The molecule has 1 saturated carbocycles. The van der Waals surface area contributed by atoms with E-state index in [9.17, 15) is 4.79 Å². The average Bonchev–Trinajstić information content (AvgIpc) is 2.68. The molecule has 0 bridgehead atoms. The molecule has 4 nitrogen and oxygen atoms in total. The molecule has 0 unspecified atom stereocenters. The summed E-state index contributed by atoms with van der Waals surface area (Å²) in [5.74, 6) is 0.666. The third-order valence-electron chi connectivity index (χ3n) is 2.56. The van der Waals surface area contributed by atoms with Crippen LogP contribution in [-0.4, -0.2) is 32.2 Å². The Kier molecular flexibility index (Phi) is 5.56. The van der Waals surface area contributed by atoms with E-state index < -0.39 is 0 Å². The van der Waals surface area contributed by atoms with Gasteiger partial charge in [-0.05, 0) is 18.8 Å². The van der Waals surface area contributed by atoms with Crippen LogP contribution in [0, 0.1) is 5.92 Å². The average molecular weight is 200 g/mol. The molecule has 1 fully saturated rings. The molecular formula is C10H20N2O2. The van der Waals surface area contributed by atoms with Gasteiger partial charge in [-0.3, -0.25) is 4.79 Å². The smallest absolute Gasteiger partial charge is 0.246 e. The fraction of sp³-hybridized carbons (Fsp3) is 0.900. The number of hydrogen-bond donors (Lipinski definition) is 2. The van der Waals surface area contributed by atoms with Crippen LogP contribution in [0.15, 0.2) is 0 Å². The molecule has 3 N–H and O–H groups in total. The van der Waals surface area contributed by atoms with Crippen molar-refractivity contribution in [2.75, 3.05) is 26.3 Å². The fourth-order valence-corrected chi connectivity index (χ4v) is 1.77. The van der Waals surface area contributed by atoms with E-state index in [0.29, 0.717) is 19.1 Å². The van der Waals surface area contributed by atoms with E-state index in [-0.39, 0.29) is 12.5 Å². The van der Waals surface area contributed by atoms with E-state index in [4.69, 9.17) is 10.5 Å². The number of amides is 1. The van der Waals surface area contributed by atoms with E-state index in [1.165, 1.54) is 25.7 Å². The first kappa shape index (κ1) is 11.5. The molecule has 14 heavy (non-hydrogen) atoms. The lowest BCUT2D eigenvalue weighted by molar-refractivity contribution is -0.125. The van der Waals surface area contributed by atoms with Gasteiger partial charge < -0.3 is 15.8 Å². The molecule has 0 heterocycles. The quantitative estimate of drug-likeness (QED) is 0.605. The predicted molar refractivity (Wildman–Crippen MR) is 54.8 cm³/mol. The Labute approximate surface area is 85.2 Å². The maximum atomic E-state index is 11.2. The lowest BCUT2D eigenvalue weighted by atomic mass is 10.1. The molecule has 1 aliphatic carbocycles. The van der Waals surface area contributed by atoms with Gasteiger partial charge in [0.05, 0.1) is 6.61 Å². The minimum absolute atomic E-state index is 0.0228. The first-order chi connectivity index (χ1) is 6.83. The maximum absolute atomic E-state index is 11.2. The minimum atomic E-state index is -0.0228. The van der Waals surface area contributed by atoms with E-state index in [0.717, 1.165) is 6.54 Å². The number of carbonyl (C=O) groups is 1. The van der Waals surface area contributed by atoms with Gasteiger partial charge in [0.25, 0.3) is 0 Å². The summed E-state index contributed by atoms with van der Waals surface area (Å²) in [5, 5.41) is 2.88. The van der Waals surface area contributed by atoms with Gasteiger partial charge in [-0.15, -0.1) is 0 Å². The highest BCUT2D eigenvalue weighted by atomic mass is 16.5. The second-order valence-electron chi connectivity index (χ2n) is 3.80. The van der Waals surface area contributed by atoms with Crippen molar-refractivity contribution >= 4 is 5.91 Å². The van der Waals surface area contributed by atoms with Crippen molar-refractivity contribution in [1.82, 2.24) is 5.32 Å².